The molecule has 0 aromatic heterocycles. The average Bonchev–Trinajstić information content (AvgIpc) is 2.86. The summed E-state index contributed by atoms with van der Waals surface area (Å²) in [6, 6.07) is 13.2. The number of phenols is 1. The van der Waals surface area contributed by atoms with E-state index in [1.54, 1.807) is 18.2 Å². The Morgan fingerprint density at radius 1 is 1.15 bits per heavy atom. The summed E-state index contributed by atoms with van der Waals surface area (Å²) in [4.78, 5) is 12.3. The van der Waals surface area contributed by atoms with Gasteiger partial charge in [-0.25, -0.2) is 0 Å². The minimum Gasteiger partial charge on any atom is -0.508 e. The van der Waals surface area contributed by atoms with Crippen molar-refractivity contribution in [3.63, 3.8) is 0 Å². The van der Waals surface area contributed by atoms with Crippen molar-refractivity contribution >= 4 is 11.6 Å². The van der Waals surface area contributed by atoms with Crippen LogP contribution < -0.4 is 5.32 Å². The van der Waals surface area contributed by atoms with E-state index in [0.717, 1.165) is 24.1 Å². The van der Waals surface area contributed by atoms with Crippen molar-refractivity contribution in [2.75, 3.05) is 5.32 Å². The first-order valence-corrected chi connectivity index (χ1v) is 6.81. The average molecular weight is 267 g/mol. The normalized spacial score (nSPS) is 14.1. The summed E-state index contributed by atoms with van der Waals surface area (Å²) in [5.41, 5.74) is 4.18. The van der Waals surface area contributed by atoms with Crippen LogP contribution in [-0.4, -0.2) is 11.0 Å². The molecule has 0 unspecified atom stereocenters. The van der Waals surface area contributed by atoms with Gasteiger partial charge in [-0.1, -0.05) is 24.3 Å². The van der Waals surface area contributed by atoms with Gasteiger partial charge >= 0.3 is 0 Å². The van der Waals surface area contributed by atoms with Gasteiger partial charge in [0.1, 0.15) is 5.75 Å². The monoisotopic (exact) mass is 267 g/mol. The number of anilines is 1. The molecule has 0 fully saturated rings. The number of nitrogens with one attached hydrogen (secondary N) is 1. The van der Waals surface area contributed by atoms with Crippen molar-refractivity contribution in [1.82, 2.24) is 0 Å². The molecule has 0 saturated carbocycles. The summed E-state index contributed by atoms with van der Waals surface area (Å²) in [5, 5.41) is 12.4. The van der Waals surface area contributed by atoms with E-state index in [0.29, 0.717) is 0 Å². The van der Waals surface area contributed by atoms with E-state index in [-0.39, 0.29) is 17.6 Å². The lowest BCUT2D eigenvalue weighted by Crippen LogP contribution is -2.23. The summed E-state index contributed by atoms with van der Waals surface area (Å²) in [7, 11) is 0. The number of hydrogen-bond acceptors (Lipinski definition) is 2. The van der Waals surface area contributed by atoms with Gasteiger partial charge in [-0.3, -0.25) is 4.79 Å². The van der Waals surface area contributed by atoms with Crippen LogP contribution in [0, 0.1) is 12.8 Å². The highest BCUT2D eigenvalue weighted by Crippen LogP contribution is 2.28. The highest BCUT2D eigenvalue weighted by atomic mass is 16.3. The minimum absolute atomic E-state index is 0.000558. The lowest BCUT2D eigenvalue weighted by atomic mass is 10.1. The van der Waals surface area contributed by atoms with Crippen LogP contribution in [0.15, 0.2) is 42.5 Å². The second kappa shape index (κ2) is 5.00. The Balaban J connectivity index is 1.72. The fourth-order valence-electron chi connectivity index (χ4n) is 2.77. The second-order valence-corrected chi connectivity index (χ2v) is 5.36. The molecule has 2 aromatic rings. The van der Waals surface area contributed by atoms with E-state index in [1.165, 1.54) is 11.1 Å². The van der Waals surface area contributed by atoms with E-state index in [9.17, 15) is 9.90 Å². The quantitative estimate of drug-likeness (QED) is 0.822. The maximum atomic E-state index is 12.3. The molecule has 0 saturated heterocycles. The third-order valence-electron chi connectivity index (χ3n) is 3.89. The highest BCUT2D eigenvalue weighted by molar-refractivity contribution is 5.94. The number of benzene rings is 2. The van der Waals surface area contributed by atoms with Crippen LogP contribution >= 0.6 is 0 Å². The van der Waals surface area contributed by atoms with Crippen LogP contribution in [0.2, 0.25) is 0 Å². The molecule has 0 bridgehead atoms. The summed E-state index contributed by atoms with van der Waals surface area (Å²) in [6.07, 6.45) is 1.61. The van der Waals surface area contributed by atoms with Crippen LogP contribution in [0.5, 0.6) is 5.75 Å². The molecule has 3 nitrogen and oxygen atoms in total. The molecule has 0 radical (unpaired) electrons. The molecular weight excluding hydrogens is 250 g/mol. The molecule has 1 amide bonds. The van der Waals surface area contributed by atoms with Crippen LogP contribution in [0.3, 0.4) is 0 Å². The minimum atomic E-state index is 0.000558. The first-order valence-electron chi connectivity index (χ1n) is 6.81. The molecule has 0 atom stereocenters. The highest BCUT2D eigenvalue weighted by Gasteiger charge is 2.27. The predicted octanol–water partition coefficient (Wildman–Crippen LogP) is 3.05. The molecule has 0 spiro atoms. The maximum absolute atomic E-state index is 12.3. The van der Waals surface area contributed by atoms with Gasteiger partial charge in [-0.15, -0.1) is 0 Å². The molecule has 20 heavy (non-hydrogen) atoms. The molecule has 0 heterocycles. The zero-order chi connectivity index (χ0) is 14.1. The summed E-state index contributed by atoms with van der Waals surface area (Å²) >= 11 is 0. The van der Waals surface area contributed by atoms with Crippen molar-refractivity contribution in [2.24, 2.45) is 5.92 Å². The number of aromatic hydroxyl groups is 1. The van der Waals surface area contributed by atoms with Gasteiger partial charge in [-0.05, 0) is 54.7 Å². The first-order chi connectivity index (χ1) is 9.63. The molecular formula is C17H17NO2. The van der Waals surface area contributed by atoms with Gasteiger partial charge in [0.15, 0.2) is 0 Å². The molecule has 1 aliphatic carbocycles. The number of carbonyl (C=O) groups excluding carboxylic acids is 1. The Bertz CT molecular complexity index is 639. The lowest BCUT2D eigenvalue weighted by Gasteiger charge is -2.12. The van der Waals surface area contributed by atoms with Gasteiger partial charge in [0, 0.05) is 11.6 Å². The topological polar surface area (TPSA) is 49.3 Å². The Kier molecular flexibility index (Phi) is 3.18. The zero-order valence-electron chi connectivity index (χ0n) is 11.4. The predicted molar refractivity (Wildman–Crippen MR) is 78.8 cm³/mol. The van der Waals surface area contributed by atoms with Gasteiger partial charge in [-0.2, -0.15) is 0 Å². The molecule has 2 N–H and O–H groups in total. The molecule has 1 aliphatic rings. The van der Waals surface area contributed by atoms with Gasteiger partial charge in [0.05, 0.1) is 0 Å². The summed E-state index contributed by atoms with van der Waals surface area (Å²) in [6.45, 7) is 1.87. The number of aryl methyl sites for hydroxylation is 1. The molecule has 2 aromatic carbocycles. The Morgan fingerprint density at radius 2 is 1.80 bits per heavy atom. The maximum Gasteiger partial charge on any atom is 0.228 e. The fraction of sp³-hybridized carbons (Fsp3) is 0.235. The van der Waals surface area contributed by atoms with Crippen molar-refractivity contribution in [3.05, 3.63) is 59.2 Å². The number of rotatable bonds is 2. The van der Waals surface area contributed by atoms with Crippen molar-refractivity contribution < 1.29 is 9.90 Å². The van der Waals surface area contributed by atoms with Gasteiger partial charge < -0.3 is 10.4 Å². The standard InChI is InChI=1S/C17H17NO2/c1-11-8-15(19)6-7-16(11)18-17(20)14-9-12-4-2-3-5-13(12)10-14/h2-8,14,19H,9-10H2,1H3,(H,18,20). The largest absolute Gasteiger partial charge is 0.508 e. The number of amides is 1. The summed E-state index contributed by atoms with van der Waals surface area (Å²) in [5.74, 6) is 0.268. The second-order valence-electron chi connectivity index (χ2n) is 5.36. The third-order valence-corrected chi connectivity index (χ3v) is 3.89. The summed E-state index contributed by atoms with van der Waals surface area (Å²) < 4.78 is 0. The lowest BCUT2D eigenvalue weighted by molar-refractivity contribution is -0.119. The zero-order valence-corrected chi connectivity index (χ0v) is 11.4. The molecule has 0 aliphatic heterocycles. The van der Waals surface area contributed by atoms with E-state index < -0.39 is 0 Å². The first kappa shape index (κ1) is 12.7. The molecule has 3 rings (SSSR count). The fourth-order valence-corrected chi connectivity index (χ4v) is 2.77. The molecule has 102 valence electrons. The number of fused-ring (bicyclic) bond motifs is 1. The van der Waals surface area contributed by atoms with Gasteiger partial charge in [0.2, 0.25) is 5.91 Å². The van der Waals surface area contributed by atoms with Crippen LogP contribution in [0.1, 0.15) is 16.7 Å². The van der Waals surface area contributed by atoms with E-state index in [1.807, 2.05) is 19.1 Å². The van der Waals surface area contributed by atoms with Crippen molar-refractivity contribution in [2.45, 2.75) is 19.8 Å². The third kappa shape index (κ3) is 2.39. The smallest absolute Gasteiger partial charge is 0.228 e. The van der Waals surface area contributed by atoms with Gasteiger partial charge in [0.25, 0.3) is 0 Å². The number of hydrogen-bond donors (Lipinski definition) is 2. The van der Waals surface area contributed by atoms with Crippen molar-refractivity contribution in [1.29, 1.82) is 0 Å². The number of carbonyl (C=O) groups is 1. The van der Waals surface area contributed by atoms with Crippen LogP contribution in [0.25, 0.3) is 0 Å². The SMILES string of the molecule is Cc1cc(O)ccc1NC(=O)C1Cc2ccccc2C1. The van der Waals surface area contributed by atoms with E-state index in [2.05, 4.69) is 17.4 Å². The molecule has 3 heteroatoms. The Labute approximate surface area is 118 Å². The number of phenolic OH excluding ortho intramolecular Hbond substituents is 1. The van der Waals surface area contributed by atoms with Crippen LogP contribution in [0.4, 0.5) is 5.69 Å². The van der Waals surface area contributed by atoms with Crippen molar-refractivity contribution in [3.8, 4) is 5.75 Å². The Hall–Kier alpha value is -2.29. The van der Waals surface area contributed by atoms with E-state index >= 15 is 0 Å². The van der Waals surface area contributed by atoms with Crippen LogP contribution in [-0.2, 0) is 17.6 Å². The van der Waals surface area contributed by atoms with E-state index in [4.69, 9.17) is 0 Å². The Morgan fingerprint density at radius 3 is 2.40 bits per heavy atom.